The maximum Gasteiger partial charge on any atom is 0.309 e. The molecular formula is C23H26O8. The van der Waals surface area contributed by atoms with Crippen LogP contribution in [0.25, 0.3) is 0 Å². The van der Waals surface area contributed by atoms with Gasteiger partial charge in [-0.05, 0) is 48.2 Å². The second-order valence-corrected chi connectivity index (χ2v) is 7.47. The molecule has 0 amide bonds. The molecule has 2 atom stereocenters. The molecule has 0 unspecified atom stereocenters. The molecule has 166 valence electrons. The first-order chi connectivity index (χ1) is 15.1. The molecule has 8 nitrogen and oxygen atoms in total. The number of carbonyl (C=O) groups excluding carboxylic acids is 1. The molecule has 0 spiro atoms. The maximum absolute atomic E-state index is 12.5. The molecule has 31 heavy (non-hydrogen) atoms. The van der Waals surface area contributed by atoms with Crippen molar-refractivity contribution in [3.63, 3.8) is 0 Å². The Balaban J connectivity index is 1.57. The second-order valence-electron chi connectivity index (χ2n) is 7.47. The van der Waals surface area contributed by atoms with Gasteiger partial charge in [0, 0.05) is 5.92 Å². The zero-order chi connectivity index (χ0) is 22.0. The predicted octanol–water partition coefficient (Wildman–Crippen LogP) is 3.02. The largest absolute Gasteiger partial charge is 0.493 e. The Morgan fingerprint density at radius 3 is 2.10 bits per heavy atom. The molecule has 2 aromatic rings. The monoisotopic (exact) mass is 430 g/mol. The normalized spacial score (nSPS) is 19.2. The Bertz CT molecular complexity index is 945. The van der Waals surface area contributed by atoms with Gasteiger partial charge in [-0.15, -0.1) is 0 Å². The van der Waals surface area contributed by atoms with E-state index in [4.69, 9.17) is 33.2 Å². The van der Waals surface area contributed by atoms with E-state index in [1.165, 1.54) is 0 Å². The average molecular weight is 430 g/mol. The van der Waals surface area contributed by atoms with E-state index in [1.54, 1.807) is 28.4 Å². The van der Waals surface area contributed by atoms with Crippen molar-refractivity contribution in [3.8, 4) is 34.5 Å². The molecule has 0 radical (unpaired) electrons. The van der Waals surface area contributed by atoms with Crippen LogP contribution in [0.2, 0.25) is 0 Å². The number of cyclic esters (lactones) is 1. The van der Waals surface area contributed by atoms with Crippen molar-refractivity contribution in [2.75, 3.05) is 41.8 Å². The van der Waals surface area contributed by atoms with Crippen molar-refractivity contribution >= 4 is 5.97 Å². The fourth-order valence-corrected chi connectivity index (χ4v) is 4.17. The summed E-state index contributed by atoms with van der Waals surface area (Å²) in [5.41, 5.74) is 1.91. The van der Waals surface area contributed by atoms with Gasteiger partial charge in [-0.25, -0.2) is 0 Å². The molecule has 2 aromatic carbocycles. The molecule has 0 saturated carbocycles. The van der Waals surface area contributed by atoms with Gasteiger partial charge in [0.2, 0.25) is 18.3 Å². The molecule has 0 aliphatic carbocycles. The predicted molar refractivity (Wildman–Crippen MR) is 111 cm³/mol. The Morgan fingerprint density at radius 2 is 1.45 bits per heavy atom. The van der Waals surface area contributed by atoms with Crippen LogP contribution < -0.4 is 28.4 Å². The molecule has 2 aliphatic rings. The van der Waals surface area contributed by atoms with Gasteiger partial charge < -0.3 is 33.2 Å². The summed E-state index contributed by atoms with van der Waals surface area (Å²) in [4.78, 5) is 12.5. The highest BCUT2D eigenvalue weighted by molar-refractivity contribution is 5.75. The molecule has 1 saturated heterocycles. The molecule has 0 aromatic heterocycles. The smallest absolute Gasteiger partial charge is 0.309 e. The van der Waals surface area contributed by atoms with E-state index >= 15 is 0 Å². The van der Waals surface area contributed by atoms with Crippen LogP contribution in [-0.4, -0.2) is 47.8 Å². The number of methoxy groups -OCH3 is 4. The van der Waals surface area contributed by atoms with Crippen molar-refractivity contribution in [1.82, 2.24) is 0 Å². The molecule has 2 aliphatic heterocycles. The van der Waals surface area contributed by atoms with Crippen LogP contribution in [0.5, 0.6) is 34.5 Å². The van der Waals surface area contributed by atoms with Crippen LogP contribution in [0.3, 0.4) is 0 Å². The summed E-state index contributed by atoms with van der Waals surface area (Å²) in [5, 5.41) is 0. The number of fused-ring (bicyclic) bond motifs is 1. The Labute approximate surface area is 180 Å². The average Bonchev–Trinajstić information content (AvgIpc) is 3.39. The first-order valence-corrected chi connectivity index (χ1v) is 10.00. The number of esters is 1. The molecule has 1 fully saturated rings. The van der Waals surface area contributed by atoms with E-state index in [0.717, 1.165) is 11.1 Å². The van der Waals surface area contributed by atoms with Gasteiger partial charge in [0.15, 0.2) is 23.0 Å². The van der Waals surface area contributed by atoms with Gasteiger partial charge in [0.1, 0.15) is 0 Å². The molecule has 0 N–H and O–H groups in total. The molecule has 8 heteroatoms. The van der Waals surface area contributed by atoms with Gasteiger partial charge in [-0.1, -0.05) is 0 Å². The summed E-state index contributed by atoms with van der Waals surface area (Å²) in [6.45, 7) is 0.536. The zero-order valence-corrected chi connectivity index (χ0v) is 18.1. The first-order valence-electron chi connectivity index (χ1n) is 10.00. The highest BCUT2D eigenvalue weighted by atomic mass is 16.7. The highest BCUT2D eigenvalue weighted by Gasteiger charge is 2.37. The van der Waals surface area contributed by atoms with E-state index in [-0.39, 0.29) is 24.6 Å². The van der Waals surface area contributed by atoms with Gasteiger partial charge in [-0.2, -0.15) is 0 Å². The van der Waals surface area contributed by atoms with Crippen molar-refractivity contribution in [3.05, 3.63) is 35.4 Å². The van der Waals surface area contributed by atoms with Crippen molar-refractivity contribution in [1.29, 1.82) is 0 Å². The number of benzene rings is 2. The van der Waals surface area contributed by atoms with Crippen molar-refractivity contribution in [2.24, 2.45) is 11.8 Å². The summed E-state index contributed by atoms with van der Waals surface area (Å²) < 4.78 is 38.1. The lowest BCUT2D eigenvalue weighted by Gasteiger charge is -2.18. The van der Waals surface area contributed by atoms with E-state index in [2.05, 4.69) is 0 Å². The fraction of sp³-hybridized carbons (Fsp3) is 0.435. The minimum atomic E-state index is -0.292. The number of hydrogen-bond donors (Lipinski definition) is 0. The lowest BCUT2D eigenvalue weighted by atomic mass is 9.85. The summed E-state index contributed by atoms with van der Waals surface area (Å²) in [6, 6.07) is 7.60. The number of hydrogen-bond acceptors (Lipinski definition) is 8. The van der Waals surface area contributed by atoms with Gasteiger partial charge in [0.25, 0.3) is 0 Å². The van der Waals surface area contributed by atoms with E-state index < -0.39 is 0 Å². The van der Waals surface area contributed by atoms with Crippen molar-refractivity contribution < 1.29 is 38.0 Å². The topological polar surface area (TPSA) is 81.7 Å². The summed E-state index contributed by atoms with van der Waals surface area (Å²) in [6.07, 6.45) is 1.15. The molecule has 0 bridgehead atoms. The third-order valence-corrected chi connectivity index (χ3v) is 5.71. The SMILES string of the molecule is COc1cc(C[C@@H]2C(=O)OC[C@H]2Cc2cc(OC)c3c(c2)OCO3)cc(OC)c1OC. The van der Waals surface area contributed by atoms with Gasteiger partial charge in [0.05, 0.1) is 41.0 Å². The molecule has 4 rings (SSSR count). The lowest BCUT2D eigenvalue weighted by molar-refractivity contribution is -0.141. The van der Waals surface area contributed by atoms with Crippen LogP contribution in [0.15, 0.2) is 24.3 Å². The van der Waals surface area contributed by atoms with Crippen molar-refractivity contribution in [2.45, 2.75) is 12.8 Å². The van der Waals surface area contributed by atoms with Crippen LogP contribution in [0.1, 0.15) is 11.1 Å². The van der Waals surface area contributed by atoms with Gasteiger partial charge in [-0.3, -0.25) is 4.79 Å². The quantitative estimate of drug-likeness (QED) is 0.591. The molecular weight excluding hydrogens is 404 g/mol. The highest BCUT2D eigenvalue weighted by Crippen LogP contribution is 2.43. The summed E-state index contributed by atoms with van der Waals surface area (Å²) in [5.74, 6) is 3.03. The maximum atomic E-state index is 12.5. The summed E-state index contributed by atoms with van der Waals surface area (Å²) >= 11 is 0. The number of rotatable bonds is 8. The molecule has 2 heterocycles. The number of carbonyl (C=O) groups is 1. The van der Waals surface area contributed by atoms with Crippen LogP contribution >= 0.6 is 0 Å². The minimum Gasteiger partial charge on any atom is -0.493 e. The minimum absolute atomic E-state index is 0.0108. The Morgan fingerprint density at radius 1 is 0.806 bits per heavy atom. The van der Waals surface area contributed by atoms with E-state index in [9.17, 15) is 4.79 Å². The Kier molecular flexibility index (Phi) is 5.97. The van der Waals surface area contributed by atoms with Crippen LogP contribution in [0.4, 0.5) is 0 Å². The fourth-order valence-electron chi connectivity index (χ4n) is 4.17. The standard InChI is InChI=1S/C23H26O8/c1-25-17-8-14(9-18(26-2)21(17)28-4)6-16-15(11-29-23(16)24)5-13-7-19(27-3)22-20(10-13)30-12-31-22/h7-10,15-16H,5-6,11-12H2,1-4H3/t15-,16+/m1/s1. The lowest BCUT2D eigenvalue weighted by Crippen LogP contribution is -2.20. The van der Waals surface area contributed by atoms with E-state index in [0.29, 0.717) is 53.9 Å². The first kappa shape index (κ1) is 21.0. The zero-order valence-electron chi connectivity index (χ0n) is 18.1. The van der Waals surface area contributed by atoms with E-state index in [1.807, 2.05) is 24.3 Å². The third kappa shape index (κ3) is 4.02. The van der Waals surface area contributed by atoms with Crippen LogP contribution in [-0.2, 0) is 22.4 Å². The van der Waals surface area contributed by atoms with Gasteiger partial charge >= 0.3 is 5.97 Å². The Hall–Kier alpha value is -3.29. The number of ether oxygens (including phenoxy) is 7. The van der Waals surface area contributed by atoms with Crippen LogP contribution in [0, 0.1) is 11.8 Å². The summed E-state index contributed by atoms with van der Waals surface area (Å²) in [7, 11) is 6.29. The third-order valence-electron chi connectivity index (χ3n) is 5.71. The second kappa shape index (κ2) is 8.83.